The first kappa shape index (κ1) is 14.2. The summed E-state index contributed by atoms with van der Waals surface area (Å²) in [7, 11) is 0. The van der Waals surface area contributed by atoms with Crippen LogP contribution in [0.1, 0.15) is 21.7 Å². The largest absolute Gasteiger partial charge is 0.395 e. The minimum atomic E-state index is -0.436. The first-order valence-electron chi connectivity index (χ1n) is 5.80. The average molecular weight is 290 g/mol. The van der Waals surface area contributed by atoms with E-state index < -0.39 is 5.82 Å². The lowest BCUT2D eigenvalue weighted by Gasteiger charge is -2.06. The Bertz CT molecular complexity index is 660. The zero-order valence-corrected chi connectivity index (χ0v) is 11.2. The number of aromatic nitrogens is 1. The van der Waals surface area contributed by atoms with Crippen molar-refractivity contribution in [2.24, 2.45) is 0 Å². The number of halogens is 1. The zero-order chi connectivity index (χ0) is 14.4. The van der Waals surface area contributed by atoms with Crippen LogP contribution >= 0.6 is 11.3 Å². The van der Waals surface area contributed by atoms with Crippen LogP contribution in [0.2, 0.25) is 0 Å². The molecule has 0 saturated heterocycles. The van der Waals surface area contributed by atoms with Crippen LogP contribution in [0, 0.1) is 17.7 Å². The smallest absolute Gasteiger partial charge is 0.267 e. The van der Waals surface area contributed by atoms with E-state index in [9.17, 15) is 9.18 Å². The Kier molecular flexibility index (Phi) is 4.82. The highest BCUT2D eigenvalue weighted by molar-refractivity contribution is 7.11. The molecule has 2 N–H and O–H groups in total. The standard InChI is InChI=1S/C14H11FN2O2S/c15-11-4-5-12(10(7-11)3-1-2-6-18)17-14(19)13-8-16-9-20-13/h4-5,7-9,18H,2,6H2,(H,17,19). The van der Waals surface area contributed by atoms with Gasteiger partial charge in [0.2, 0.25) is 0 Å². The van der Waals surface area contributed by atoms with Gasteiger partial charge in [0.05, 0.1) is 29.6 Å². The number of anilines is 1. The van der Waals surface area contributed by atoms with E-state index in [1.54, 1.807) is 5.51 Å². The van der Waals surface area contributed by atoms with Gasteiger partial charge in [-0.3, -0.25) is 9.78 Å². The van der Waals surface area contributed by atoms with Crippen molar-refractivity contribution in [3.8, 4) is 11.8 Å². The maximum atomic E-state index is 13.2. The molecule has 4 nitrogen and oxygen atoms in total. The van der Waals surface area contributed by atoms with Crippen molar-refractivity contribution in [3.05, 3.63) is 46.2 Å². The molecule has 1 aromatic heterocycles. The molecule has 20 heavy (non-hydrogen) atoms. The van der Waals surface area contributed by atoms with E-state index in [-0.39, 0.29) is 12.5 Å². The van der Waals surface area contributed by atoms with E-state index in [0.717, 1.165) is 0 Å². The Morgan fingerprint density at radius 1 is 1.50 bits per heavy atom. The number of aliphatic hydroxyl groups excluding tert-OH is 1. The molecule has 0 saturated carbocycles. The van der Waals surface area contributed by atoms with Gasteiger partial charge in [0, 0.05) is 6.42 Å². The summed E-state index contributed by atoms with van der Waals surface area (Å²) >= 11 is 1.21. The second-order valence-electron chi connectivity index (χ2n) is 3.79. The fourth-order valence-corrected chi connectivity index (χ4v) is 1.97. The van der Waals surface area contributed by atoms with Crippen molar-refractivity contribution in [2.45, 2.75) is 6.42 Å². The molecule has 0 aliphatic rings. The Hall–Kier alpha value is -2.23. The predicted molar refractivity (Wildman–Crippen MR) is 75.0 cm³/mol. The fraction of sp³-hybridized carbons (Fsp3) is 0.143. The minimum absolute atomic E-state index is 0.0646. The van der Waals surface area contributed by atoms with E-state index in [1.165, 1.54) is 35.7 Å². The fourth-order valence-electron chi connectivity index (χ4n) is 1.45. The number of carbonyl (C=O) groups is 1. The number of nitrogens with one attached hydrogen (secondary N) is 1. The summed E-state index contributed by atoms with van der Waals surface area (Å²) in [6.45, 7) is -0.0646. The molecule has 1 heterocycles. The molecule has 0 fully saturated rings. The Labute approximate surface area is 119 Å². The number of amides is 1. The molecule has 102 valence electrons. The Morgan fingerprint density at radius 2 is 2.35 bits per heavy atom. The van der Waals surface area contributed by atoms with Crippen molar-refractivity contribution in [1.82, 2.24) is 4.98 Å². The summed E-state index contributed by atoms with van der Waals surface area (Å²) < 4.78 is 13.2. The van der Waals surface area contributed by atoms with Crippen LogP contribution in [0.5, 0.6) is 0 Å². The molecule has 0 bridgehead atoms. The molecule has 0 aliphatic heterocycles. The van der Waals surface area contributed by atoms with Crippen LogP contribution in [-0.2, 0) is 0 Å². The van der Waals surface area contributed by atoms with Gasteiger partial charge in [-0.2, -0.15) is 0 Å². The summed E-state index contributed by atoms with van der Waals surface area (Å²) in [5, 5.41) is 11.4. The number of rotatable bonds is 3. The monoisotopic (exact) mass is 290 g/mol. The Balaban J connectivity index is 2.23. The topological polar surface area (TPSA) is 62.2 Å². The quantitative estimate of drug-likeness (QED) is 0.852. The molecule has 1 amide bonds. The van der Waals surface area contributed by atoms with Crippen LogP contribution in [-0.4, -0.2) is 22.6 Å². The van der Waals surface area contributed by atoms with Crippen molar-refractivity contribution in [2.75, 3.05) is 11.9 Å². The number of carbonyl (C=O) groups excluding carboxylic acids is 1. The maximum absolute atomic E-state index is 13.2. The number of aliphatic hydroxyl groups is 1. The number of hydrogen-bond acceptors (Lipinski definition) is 4. The van der Waals surface area contributed by atoms with Gasteiger partial charge in [-0.15, -0.1) is 11.3 Å². The van der Waals surface area contributed by atoms with Gasteiger partial charge in [-0.1, -0.05) is 11.8 Å². The van der Waals surface area contributed by atoms with Gasteiger partial charge in [0.15, 0.2) is 0 Å². The summed E-state index contributed by atoms with van der Waals surface area (Å²) in [4.78, 5) is 16.2. The van der Waals surface area contributed by atoms with Crippen LogP contribution in [0.25, 0.3) is 0 Å². The number of hydrogen-bond donors (Lipinski definition) is 2. The Morgan fingerprint density at radius 3 is 3.05 bits per heavy atom. The van der Waals surface area contributed by atoms with Crippen molar-refractivity contribution < 1.29 is 14.3 Å². The van der Waals surface area contributed by atoms with Crippen LogP contribution in [0.4, 0.5) is 10.1 Å². The van der Waals surface area contributed by atoms with Gasteiger partial charge in [0.1, 0.15) is 10.7 Å². The highest BCUT2D eigenvalue weighted by Gasteiger charge is 2.10. The molecular formula is C14H11FN2O2S. The lowest BCUT2D eigenvalue weighted by atomic mass is 10.1. The predicted octanol–water partition coefficient (Wildman–Crippen LogP) is 2.27. The molecule has 0 unspecified atom stereocenters. The number of thiazole rings is 1. The van der Waals surface area contributed by atoms with E-state index in [1.807, 2.05) is 0 Å². The average Bonchev–Trinajstić information content (AvgIpc) is 2.96. The third kappa shape index (κ3) is 3.63. The van der Waals surface area contributed by atoms with Crippen LogP contribution in [0.15, 0.2) is 29.9 Å². The van der Waals surface area contributed by atoms with E-state index in [2.05, 4.69) is 22.1 Å². The molecule has 0 aliphatic carbocycles. The third-order valence-corrected chi connectivity index (χ3v) is 3.12. The second kappa shape index (κ2) is 6.80. The lowest BCUT2D eigenvalue weighted by Crippen LogP contribution is -2.11. The van der Waals surface area contributed by atoms with Gasteiger partial charge < -0.3 is 10.4 Å². The van der Waals surface area contributed by atoms with Gasteiger partial charge in [-0.25, -0.2) is 4.39 Å². The molecule has 6 heteroatoms. The first-order valence-corrected chi connectivity index (χ1v) is 6.68. The van der Waals surface area contributed by atoms with E-state index in [4.69, 9.17) is 5.11 Å². The van der Waals surface area contributed by atoms with Gasteiger partial charge >= 0.3 is 0 Å². The van der Waals surface area contributed by atoms with Crippen LogP contribution < -0.4 is 5.32 Å². The third-order valence-electron chi connectivity index (χ3n) is 2.35. The SMILES string of the molecule is O=C(Nc1ccc(F)cc1C#CCCO)c1cncs1. The van der Waals surface area contributed by atoms with Gasteiger partial charge in [0.25, 0.3) is 5.91 Å². The summed E-state index contributed by atoms with van der Waals surface area (Å²) in [5.41, 5.74) is 2.35. The van der Waals surface area contributed by atoms with Gasteiger partial charge in [-0.05, 0) is 18.2 Å². The number of benzene rings is 1. The van der Waals surface area contributed by atoms with Crippen molar-refractivity contribution in [3.63, 3.8) is 0 Å². The molecule has 0 radical (unpaired) electrons. The summed E-state index contributed by atoms with van der Waals surface area (Å²) in [6, 6.07) is 3.95. The molecular weight excluding hydrogens is 279 g/mol. The summed E-state index contributed by atoms with van der Waals surface area (Å²) in [5.74, 6) is 4.68. The lowest BCUT2D eigenvalue weighted by molar-refractivity contribution is 0.103. The molecule has 1 aromatic carbocycles. The second-order valence-corrected chi connectivity index (χ2v) is 4.67. The molecule has 0 spiro atoms. The zero-order valence-electron chi connectivity index (χ0n) is 10.4. The van der Waals surface area contributed by atoms with Crippen LogP contribution in [0.3, 0.4) is 0 Å². The molecule has 2 rings (SSSR count). The van der Waals surface area contributed by atoms with E-state index in [0.29, 0.717) is 22.5 Å². The van der Waals surface area contributed by atoms with Crippen molar-refractivity contribution in [1.29, 1.82) is 0 Å². The minimum Gasteiger partial charge on any atom is -0.395 e. The maximum Gasteiger partial charge on any atom is 0.267 e. The normalized spacial score (nSPS) is 9.70. The molecule has 0 atom stereocenters. The van der Waals surface area contributed by atoms with E-state index >= 15 is 0 Å². The van der Waals surface area contributed by atoms with Crippen molar-refractivity contribution >= 4 is 22.9 Å². The first-order chi connectivity index (χ1) is 9.70. The molecule has 2 aromatic rings. The highest BCUT2D eigenvalue weighted by Crippen LogP contribution is 2.18. The number of nitrogens with zero attached hydrogens (tertiary/aromatic N) is 1. The highest BCUT2D eigenvalue weighted by atomic mass is 32.1. The summed E-state index contributed by atoms with van der Waals surface area (Å²) in [6.07, 6.45) is 1.75.